The van der Waals surface area contributed by atoms with E-state index in [1.807, 2.05) is 0 Å². The third-order valence-electron chi connectivity index (χ3n) is 9.78. The van der Waals surface area contributed by atoms with Crippen molar-refractivity contribution in [2.24, 2.45) is 22.2 Å². The van der Waals surface area contributed by atoms with Crippen LogP contribution in [0.15, 0.2) is 0 Å². The standard InChI is InChI=1S/C26H42N2O2/c1-2-24-13-19-14-25(16-24,22(29)27-20-9-5-3-6-10-20)18-26(15-19,17-24)23(30)28-21-11-7-4-8-12-21/h19-21H,2-18H2,1H3,(H,27,29)(H,28,30). The summed E-state index contributed by atoms with van der Waals surface area (Å²) in [5, 5.41) is 6.97. The lowest BCUT2D eigenvalue weighted by Gasteiger charge is -2.65. The Morgan fingerprint density at radius 1 is 0.700 bits per heavy atom. The van der Waals surface area contributed by atoms with Crippen LogP contribution in [0.1, 0.15) is 116 Å². The van der Waals surface area contributed by atoms with Crippen molar-refractivity contribution in [2.75, 3.05) is 0 Å². The van der Waals surface area contributed by atoms with Gasteiger partial charge in [-0.15, -0.1) is 0 Å². The highest BCUT2D eigenvalue weighted by Gasteiger charge is 2.67. The molecule has 6 saturated carbocycles. The minimum Gasteiger partial charge on any atom is -0.353 e. The highest BCUT2D eigenvalue weighted by molar-refractivity contribution is 5.88. The second-order valence-corrected chi connectivity index (χ2v) is 12.0. The average Bonchev–Trinajstić information content (AvgIpc) is 2.74. The van der Waals surface area contributed by atoms with E-state index >= 15 is 0 Å². The monoisotopic (exact) mass is 414 g/mol. The Kier molecular flexibility index (Phi) is 5.42. The van der Waals surface area contributed by atoms with Crippen molar-refractivity contribution in [3.63, 3.8) is 0 Å². The summed E-state index contributed by atoms with van der Waals surface area (Å²) >= 11 is 0. The third-order valence-corrected chi connectivity index (χ3v) is 9.78. The molecular weight excluding hydrogens is 372 g/mol. The Labute approximate surface area is 182 Å². The number of rotatable bonds is 5. The first-order valence-corrected chi connectivity index (χ1v) is 13.1. The summed E-state index contributed by atoms with van der Waals surface area (Å²) in [6, 6.07) is 0.729. The summed E-state index contributed by atoms with van der Waals surface area (Å²) in [6.07, 6.45) is 19.4. The van der Waals surface area contributed by atoms with Gasteiger partial charge in [-0.2, -0.15) is 0 Å². The Hall–Kier alpha value is -1.06. The zero-order chi connectivity index (χ0) is 20.8. The summed E-state index contributed by atoms with van der Waals surface area (Å²) in [7, 11) is 0. The summed E-state index contributed by atoms with van der Waals surface area (Å²) in [6.45, 7) is 2.30. The Bertz CT molecular complexity index is 629. The Morgan fingerprint density at radius 2 is 1.17 bits per heavy atom. The summed E-state index contributed by atoms with van der Waals surface area (Å²) in [5.74, 6) is 1.15. The maximum atomic E-state index is 13.7. The number of hydrogen-bond donors (Lipinski definition) is 2. The van der Waals surface area contributed by atoms with Gasteiger partial charge in [0.05, 0.1) is 10.8 Å². The molecule has 0 spiro atoms. The maximum Gasteiger partial charge on any atom is 0.226 e. The molecule has 30 heavy (non-hydrogen) atoms. The first kappa shape index (κ1) is 20.8. The van der Waals surface area contributed by atoms with E-state index < -0.39 is 0 Å². The summed E-state index contributed by atoms with van der Waals surface area (Å²) in [5.41, 5.74) is -0.388. The van der Waals surface area contributed by atoms with Gasteiger partial charge in [0.1, 0.15) is 0 Å². The number of amides is 2. The Balaban J connectivity index is 1.38. The number of nitrogens with one attached hydrogen (secondary N) is 2. The lowest BCUT2D eigenvalue weighted by Crippen LogP contribution is -2.65. The molecule has 6 rings (SSSR count). The average molecular weight is 415 g/mol. The lowest BCUT2D eigenvalue weighted by molar-refractivity contribution is -0.185. The van der Waals surface area contributed by atoms with Crippen molar-refractivity contribution < 1.29 is 9.59 Å². The van der Waals surface area contributed by atoms with Gasteiger partial charge in [-0.3, -0.25) is 9.59 Å². The molecule has 6 fully saturated rings. The fraction of sp³-hybridized carbons (Fsp3) is 0.923. The van der Waals surface area contributed by atoms with E-state index in [1.54, 1.807) is 0 Å². The van der Waals surface area contributed by atoms with Crippen LogP contribution in [0.4, 0.5) is 0 Å². The molecule has 0 saturated heterocycles. The topological polar surface area (TPSA) is 58.2 Å². The first-order valence-electron chi connectivity index (χ1n) is 13.1. The van der Waals surface area contributed by atoms with E-state index in [0.717, 1.165) is 64.2 Å². The number of carbonyl (C=O) groups excluding carboxylic acids is 2. The number of hydrogen-bond acceptors (Lipinski definition) is 2. The van der Waals surface area contributed by atoms with Gasteiger partial charge in [-0.1, -0.05) is 51.9 Å². The zero-order valence-corrected chi connectivity index (χ0v) is 19.1. The fourth-order valence-electron chi connectivity index (χ4n) is 8.71. The van der Waals surface area contributed by atoms with Crippen LogP contribution in [0.2, 0.25) is 0 Å². The molecule has 2 N–H and O–H groups in total. The van der Waals surface area contributed by atoms with Gasteiger partial charge in [-0.05, 0) is 75.5 Å². The quantitative estimate of drug-likeness (QED) is 0.645. The van der Waals surface area contributed by atoms with Crippen molar-refractivity contribution >= 4 is 11.8 Å². The van der Waals surface area contributed by atoms with Crippen LogP contribution < -0.4 is 10.6 Å². The van der Waals surface area contributed by atoms with Crippen LogP contribution in [0.25, 0.3) is 0 Å². The molecule has 2 atom stereocenters. The normalized spacial score (nSPS) is 41.6. The van der Waals surface area contributed by atoms with E-state index in [0.29, 0.717) is 29.8 Å². The molecule has 6 aliphatic rings. The molecule has 2 amide bonds. The second kappa shape index (κ2) is 7.81. The van der Waals surface area contributed by atoms with Crippen molar-refractivity contribution in [3.8, 4) is 0 Å². The second-order valence-electron chi connectivity index (χ2n) is 12.0. The van der Waals surface area contributed by atoms with Crippen molar-refractivity contribution in [1.29, 1.82) is 0 Å². The number of carbonyl (C=O) groups is 2. The molecule has 0 radical (unpaired) electrons. The van der Waals surface area contributed by atoms with Gasteiger partial charge in [0.15, 0.2) is 0 Å². The molecule has 4 heteroatoms. The van der Waals surface area contributed by atoms with Gasteiger partial charge in [0, 0.05) is 12.1 Å². The predicted octanol–water partition coefficient (Wildman–Crippen LogP) is 5.25. The van der Waals surface area contributed by atoms with E-state index in [9.17, 15) is 9.59 Å². The molecule has 0 heterocycles. The van der Waals surface area contributed by atoms with Crippen LogP contribution in [0.5, 0.6) is 0 Å². The van der Waals surface area contributed by atoms with E-state index in [-0.39, 0.29) is 16.2 Å². The van der Waals surface area contributed by atoms with Gasteiger partial charge in [-0.25, -0.2) is 0 Å². The van der Waals surface area contributed by atoms with E-state index in [1.165, 1.54) is 44.9 Å². The summed E-state index contributed by atoms with van der Waals surface area (Å²) in [4.78, 5) is 27.5. The highest BCUT2D eigenvalue weighted by Crippen LogP contribution is 2.70. The SMILES string of the molecule is CCC12CC3CC(C(=O)NC4CCCCC4)(C1)CC(C(=O)NC1CCCCC1)(C3)C2. The largest absolute Gasteiger partial charge is 0.353 e. The van der Waals surface area contributed by atoms with Crippen LogP contribution in [0.3, 0.4) is 0 Å². The van der Waals surface area contributed by atoms with Crippen LogP contribution in [-0.2, 0) is 9.59 Å². The van der Waals surface area contributed by atoms with E-state index in [2.05, 4.69) is 17.6 Å². The van der Waals surface area contributed by atoms with Crippen molar-refractivity contribution in [1.82, 2.24) is 10.6 Å². The zero-order valence-electron chi connectivity index (χ0n) is 19.1. The minimum absolute atomic E-state index is 0.202. The molecule has 0 aliphatic heterocycles. The van der Waals surface area contributed by atoms with E-state index in [4.69, 9.17) is 0 Å². The van der Waals surface area contributed by atoms with Gasteiger partial charge >= 0.3 is 0 Å². The fourth-order valence-corrected chi connectivity index (χ4v) is 8.71. The molecule has 0 aromatic heterocycles. The van der Waals surface area contributed by atoms with Crippen molar-refractivity contribution in [3.05, 3.63) is 0 Å². The minimum atomic E-state index is -0.295. The molecule has 168 valence electrons. The molecule has 4 bridgehead atoms. The van der Waals surface area contributed by atoms with Gasteiger partial charge in [0.2, 0.25) is 11.8 Å². The first-order chi connectivity index (χ1) is 14.5. The highest BCUT2D eigenvalue weighted by atomic mass is 16.2. The maximum absolute atomic E-state index is 13.7. The van der Waals surface area contributed by atoms with Gasteiger partial charge < -0.3 is 10.6 Å². The van der Waals surface area contributed by atoms with Crippen molar-refractivity contribution in [2.45, 2.75) is 128 Å². The molecule has 6 aliphatic carbocycles. The lowest BCUT2D eigenvalue weighted by atomic mass is 9.38. The molecule has 4 nitrogen and oxygen atoms in total. The van der Waals surface area contributed by atoms with Gasteiger partial charge in [0.25, 0.3) is 0 Å². The molecular formula is C26H42N2O2. The molecule has 0 aromatic carbocycles. The molecule has 0 aromatic rings. The Morgan fingerprint density at radius 3 is 1.60 bits per heavy atom. The predicted molar refractivity (Wildman–Crippen MR) is 119 cm³/mol. The van der Waals surface area contributed by atoms with Crippen LogP contribution in [-0.4, -0.2) is 23.9 Å². The van der Waals surface area contributed by atoms with Crippen LogP contribution >= 0.6 is 0 Å². The smallest absolute Gasteiger partial charge is 0.226 e. The van der Waals surface area contributed by atoms with Crippen LogP contribution in [0, 0.1) is 22.2 Å². The summed E-state index contributed by atoms with van der Waals surface area (Å²) < 4.78 is 0. The molecule has 2 unspecified atom stereocenters. The third kappa shape index (κ3) is 3.60.